The van der Waals surface area contributed by atoms with Crippen LogP contribution in [-0.4, -0.2) is 18.7 Å². The molecule has 0 amide bonds. The van der Waals surface area contributed by atoms with E-state index in [1.165, 1.54) is 0 Å². The zero-order valence-electron chi connectivity index (χ0n) is 13.2. The summed E-state index contributed by atoms with van der Waals surface area (Å²) in [5.74, 6) is -0.742. The Morgan fingerprint density at radius 2 is 1.82 bits per heavy atom. The number of rotatable bonds is 8. The summed E-state index contributed by atoms with van der Waals surface area (Å²) in [6.45, 7) is 6.02. The molecule has 0 aliphatic heterocycles. The highest BCUT2D eigenvalue weighted by Gasteiger charge is 2.14. The molecule has 6 nitrogen and oxygen atoms in total. The first-order valence-corrected chi connectivity index (χ1v) is 7.34. The van der Waals surface area contributed by atoms with E-state index in [0.29, 0.717) is 5.56 Å². The molecule has 0 fully saturated rings. The van der Waals surface area contributed by atoms with Gasteiger partial charge in [-0.2, -0.15) is 0 Å². The van der Waals surface area contributed by atoms with Crippen molar-refractivity contribution in [2.75, 3.05) is 6.61 Å². The van der Waals surface area contributed by atoms with E-state index in [1.54, 1.807) is 19.1 Å². The van der Waals surface area contributed by atoms with Gasteiger partial charge in [-0.05, 0) is 31.9 Å². The molecule has 6 heteroatoms. The van der Waals surface area contributed by atoms with Crippen LogP contribution in [0, 0.1) is 13.8 Å². The van der Waals surface area contributed by atoms with Gasteiger partial charge in [-0.15, -0.1) is 0 Å². The number of hydrogen-bond acceptors (Lipinski definition) is 6. The molecule has 22 heavy (non-hydrogen) atoms. The number of ether oxygens (including phenoxy) is 1. The standard InChI is InChI=1S/C16H22O6/c1-4-5-6-7-10-19-16(18)21-22-20-15(17)14-9-8-12(2)11-13(14)3/h8-9,11H,4-7,10H2,1-3H3. The molecule has 0 heterocycles. The Balaban J connectivity index is 2.23. The summed E-state index contributed by atoms with van der Waals surface area (Å²) in [6, 6.07) is 5.22. The van der Waals surface area contributed by atoms with E-state index in [9.17, 15) is 9.59 Å². The first-order valence-electron chi connectivity index (χ1n) is 7.34. The van der Waals surface area contributed by atoms with Gasteiger partial charge >= 0.3 is 12.1 Å². The minimum Gasteiger partial charge on any atom is -0.432 e. The van der Waals surface area contributed by atoms with Crippen LogP contribution in [0.25, 0.3) is 0 Å². The predicted molar refractivity (Wildman–Crippen MR) is 79.0 cm³/mol. The zero-order chi connectivity index (χ0) is 16.4. The maximum Gasteiger partial charge on any atom is 0.543 e. The lowest BCUT2D eigenvalue weighted by Gasteiger charge is -2.06. The van der Waals surface area contributed by atoms with Gasteiger partial charge in [-0.1, -0.05) is 43.9 Å². The molecule has 0 aliphatic carbocycles. The van der Waals surface area contributed by atoms with Gasteiger partial charge in [-0.25, -0.2) is 14.5 Å². The van der Waals surface area contributed by atoms with E-state index in [2.05, 4.69) is 21.7 Å². The molecule has 0 spiro atoms. The second kappa shape index (κ2) is 9.78. The zero-order valence-corrected chi connectivity index (χ0v) is 13.2. The molecule has 0 aromatic heterocycles. The van der Waals surface area contributed by atoms with Crippen molar-refractivity contribution in [3.05, 3.63) is 34.9 Å². The van der Waals surface area contributed by atoms with Gasteiger partial charge in [0.2, 0.25) is 0 Å². The quantitative estimate of drug-likeness (QED) is 0.312. The Hall–Kier alpha value is -2.08. The molecule has 0 aliphatic rings. The van der Waals surface area contributed by atoms with Crippen LogP contribution in [-0.2, 0) is 19.6 Å². The van der Waals surface area contributed by atoms with Crippen molar-refractivity contribution in [3.8, 4) is 0 Å². The fraction of sp³-hybridized carbons (Fsp3) is 0.500. The van der Waals surface area contributed by atoms with Crippen LogP contribution in [0.5, 0.6) is 0 Å². The maximum absolute atomic E-state index is 11.7. The van der Waals surface area contributed by atoms with Crippen LogP contribution in [0.15, 0.2) is 18.2 Å². The van der Waals surface area contributed by atoms with Crippen LogP contribution in [0.4, 0.5) is 4.79 Å². The van der Waals surface area contributed by atoms with Gasteiger partial charge in [0.05, 0.1) is 17.2 Å². The monoisotopic (exact) mass is 310 g/mol. The number of aryl methyl sites for hydroxylation is 2. The molecule has 0 radical (unpaired) electrons. The van der Waals surface area contributed by atoms with Crippen LogP contribution >= 0.6 is 0 Å². The third-order valence-electron chi connectivity index (χ3n) is 3.03. The highest BCUT2D eigenvalue weighted by molar-refractivity contribution is 5.90. The number of carbonyl (C=O) groups is 2. The lowest BCUT2D eigenvalue weighted by molar-refractivity contribution is -0.452. The molecule has 0 saturated heterocycles. The number of carbonyl (C=O) groups excluding carboxylic acids is 2. The normalized spacial score (nSPS) is 10.1. The maximum atomic E-state index is 11.7. The molecule has 0 N–H and O–H groups in total. The first-order chi connectivity index (χ1) is 10.5. The third-order valence-corrected chi connectivity index (χ3v) is 3.03. The smallest absolute Gasteiger partial charge is 0.432 e. The summed E-state index contributed by atoms with van der Waals surface area (Å²) in [6.07, 6.45) is 2.88. The SMILES string of the molecule is CCCCCCOC(=O)OOOC(=O)c1ccc(C)cc1C. The summed E-state index contributed by atoms with van der Waals surface area (Å²) in [4.78, 5) is 31.5. The fourth-order valence-electron chi connectivity index (χ4n) is 1.87. The number of hydrogen-bond donors (Lipinski definition) is 0. The topological polar surface area (TPSA) is 71.1 Å². The first kappa shape index (κ1) is 18.0. The molecule has 0 saturated carbocycles. The van der Waals surface area contributed by atoms with Crippen LogP contribution in [0.3, 0.4) is 0 Å². The minimum absolute atomic E-state index is 0.243. The van der Waals surface area contributed by atoms with Crippen molar-refractivity contribution >= 4 is 12.1 Å². The summed E-state index contributed by atoms with van der Waals surface area (Å²) < 4.78 is 4.74. The van der Waals surface area contributed by atoms with E-state index in [-0.39, 0.29) is 6.61 Å². The van der Waals surface area contributed by atoms with Gasteiger partial charge in [0.25, 0.3) is 0 Å². The van der Waals surface area contributed by atoms with E-state index in [0.717, 1.165) is 36.8 Å². The molecular formula is C16H22O6. The molecule has 0 atom stereocenters. The highest BCUT2D eigenvalue weighted by Crippen LogP contribution is 2.12. The summed E-state index contributed by atoms with van der Waals surface area (Å²) >= 11 is 0. The van der Waals surface area contributed by atoms with Crippen molar-refractivity contribution in [2.24, 2.45) is 0 Å². The molecule has 0 bridgehead atoms. The lowest BCUT2D eigenvalue weighted by atomic mass is 10.1. The van der Waals surface area contributed by atoms with E-state index < -0.39 is 12.1 Å². The van der Waals surface area contributed by atoms with E-state index >= 15 is 0 Å². The number of unbranched alkanes of at least 4 members (excludes halogenated alkanes) is 3. The Labute approximate surface area is 130 Å². The number of benzene rings is 1. The molecule has 1 rings (SSSR count). The van der Waals surface area contributed by atoms with Crippen molar-refractivity contribution in [1.82, 2.24) is 0 Å². The van der Waals surface area contributed by atoms with Gasteiger partial charge in [0.1, 0.15) is 0 Å². The molecule has 1 aromatic carbocycles. The van der Waals surface area contributed by atoms with Gasteiger partial charge in [0, 0.05) is 0 Å². The predicted octanol–water partition coefficient (Wildman–Crippen LogP) is 4.04. The Morgan fingerprint density at radius 3 is 2.50 bits per heavy atom. The van der Waals surface area contributed by atoms with Crippen molar-refractivity contribution in [1.29, 1.82) is 0 Å². The van der Waals surface area contributed by atoms with Crippen molar-refractivity contribution < 1.29 is 29.1 Å². The third kappa shape index (κ3) is 6.58. The largest absolute Gasteiger partial charge is 0.543 e. The van der Waals surface area contributed by atoms with Crippen molar-refractivity contribution in [2.45, 2.75) is 46.5 Å². The summed E-state index contributed by atoms with van der Waals surface area (Å²) in [5.41, 5.74) is 2.10. The average molecular weight is 310 g/mol. The minimum atomic E-state index is -1.04. The van der Waals surface area contributed by atoms with Gasteiger partial charge in [-0.3, -0.25) is 4.89 Å². The summed E-state index contributed by atoms with van der Waals surface area (Å²) in [5, 5.41) is 4.15. The molecule has 1 aromatic rings. The van der Waals surface area contributed by atoms with Crippen molar-refractivity contribution in [3.63, 3.8) is 0 Å². The highest BCUT2D eigenvalue weighted by atomic mass is 17.5. The van der Waals surface area contributed by atoms with Crippen LogP contribution in [0.2, 0.25) is 0 Å². The average Bonchev–Trinajstić information content (AvgIpc) is 2.46. The molecule has 0 unspecified atom stereocenters. The Morgan fingerprint density at radius 1 is 1.05 bits per heavy atom. The summed E-state index contributed by atoms with van der Waals surface area (Å²) in [7, 11) is 0. The molecule has 122 valence electrons. The molecular weight excluding hydrogens is 288 g/mol. The fourth-order valence-corrected chi connectivity index (χ4v) is 1.87. The van der Waals surface area contributed by atoms with Gasteiger partial charge < -0.3 is 4.74 Å². The van der Waals surface area contributed by atoms with Crippen LogP contribution in [0.1, 0.15) is 54.1 Å². The van der Waals surface area contributed by atoms with Crippen LogP contribution < -0.4 is 0 Å². The Bertz CT molecular complexity index is 497. The van der Waals surface area contributed by atoms with E-state index in [4.69, 9.17) is 4.74 Å². The lowest BCUT2D eigenvalue weighted by Crippen LogP contribution is -2.13. The Kier molecular flexibility index (Phi) is 7.99. The van der Waals surface area contributed by atoms with Gasteiger partial charge in [0.15, 0.2) is 0 Å². The second-order valence-electron chi connectivity index (χ2n) is 5.00. The van der Waals surface area contributed by atoms with E-state index in [1.807, 2.05) is 13.0 Å². The second-order valence-corrected chi connectivity index (χ2v) is 5.00.